The standard InChI is InChI=1S/C23H25N5O/c1-3-27(4-2)15-16-28-20-12-8-7-11-19(20)25-23(28)26-22(29)21-18-10-6-5-9-17(18)13-14-24-21/h5-14H,3-4,15-16H2,1-2H3,(H,25,26,29). The number of pyridine rings is 1. The normalized spacial score (nSPS) is 11.4. The minimum Gasteiger partial charge on any atom is -0.309 e. The second-order valence-corrected chi connectivity index (χ2v) is 6.94. The zero-order chi connectivity index (χ0) is 20.2. The van der Waals surface area contributed by atoms with Crippen molar-refractivity contribution in [3.05, 3.63) is 66.5 Å². The van der Waals surface area contributed by atoms with Gasteiger partial charge in [-0.05, 0) is 36.7 Å². The van der Waals surface area contributed by atoms with Gasteiger partial charge < -0.3 is 9.47 Å². The van der Waals surface area contributed by atoms with E-state index in [0.29, 0.717) is 11.6 Å². The predicted molar refractivity (Wildman–Crippen MR) is 117 cm³/mol. The Bertz CT molecular complexity index is 1140. The lowest BCUT2D eigenvalue weighted by Crippen LogP contribution is -2.28. The van der Waals surface area contributed by atoms with Crippen molar-refractivity contribution in [3.63, 3.8) is 0 Å². The highest BCUT2D eigenvalue weighted by Gasteiger charge is 2.17. The maximum Gasteiger partial charge on any atom is 0.277 e. The highest BCUT2D eigenvalue weighted by molar-refractivity contribution is 6.11. The molecule has 0 spiro atoms. The van der Waals surface area contributed by atoms with E-state index in [2.05, 4.69) is 38.6 Å². The Morgan fingerprint density at radius 1 is 1.03 bits per heavy atom. The summed E-state index contributed by atoms with van der Waals surface area (Å²) in [5.41, 5.74) is 2.29. The van der Waals surface area contributed by atoms with Crippen LogP contribution in [-0.2, 0) is 6.54 Å². The molecule has 148 valence electrons. The molecule has 0 fully saturated rings. The molecule has 0 atom stereocenters. The summed E-state index contributed by atoms with van der Waals surface area (Å²) in [5, 5.41) is 4.82. The number of para-hydroxylation sites is 2. The van der Waals surface area contributed by atoms with Crippen LogP contribution in [0.1, 0.15) is 24.3 Å². The number of nitrogens with zero attached hydrogens (tertiary/aromatic N) is 4. The zero-order valence-corrected chi connectivity index (χ0v) is 16.8. The third-order valence-corrected chi connectivity index (χ3v) is 5.30. The number of hydrogen-bond donors (Lipinski definition) is 1. The summed E-state index contributed by atoms with van der Waals surface area (Å²) in [7, 11) is 0. The molecule has 0 saturated heterocycles. The Morgan fingerprint density at radius 3 is 2.62 bits per heavy atom. The van der Waals surface area contributed by atoms with Crippen molar-refractivity contribution in [3.8, 4) is 0 Å². The molecule has 1 amide bonds. The molecule has 4 aromatic rings. The van der Waals surface area contributed by atoms with E-state index < -0.39 is 0 Å². The minimum atomic E-state index is -0.249. The van der Waals surface area contributed by atoms with E-state index in [0.717, 1.165) is 48.0 Å². The van der Waals surface area contributed by atoms with Gasteiger partial charge in [-0.2, -0.15) is 0 Å². The lowest BCUT2D eigenvalue weighted by molar-refractivity contribution is 0.102. The van der Waals surface area contributed by atoms with E-state index in [1.807, 2.05) is 54.6 Å². The quantitative estimate of drug-likeness (QED) is 0.517. The Hall–Kier alpha value is -3.25. The maximum absolute atomic E-state index is 13.1. The van der Waals surface area contributed by atoms with Crippen LogP contribution in [-0.4, -0.2) is 45.0 Å². The van der Waals surface area contributed by atoms with E-state index in [9.17, 15) is 4.79 Å². The van der Waals surface area contributed by atoms with E-state index in [4.69, 9.17) is 0 Å². The Labute approximate surface area is 170 Å². The lowest BCUT2D eigenvalue weighted by atomic mass is 10.1. The van der Waals surface area contributed by atoms with Crippen molar-refractivity contribution in [1.29, 1.82) is 0 Å². The summed E-state index contributed by atoms with van der Waals surface area (Å²) < 4.78 is 2.08. The number of fused-ring (bicyclic) bond motifs is 2. The van der Waals surface area contributed by atoms with Gasteiger partial charge in [0.15, 0.2) is 0 Å². The molecule has 0 aliphatic rings. The molecular formula is C23H25N5O. The van der Waals surface area contributed by atoms with Gasteiger partial charge in [0.25, 0.3) is 5.91 Å². The number of carbonyl (C=O) groups is 1. The van der Waals surface area contributed by atoms with E-state index in [-0.39, 0.29) is 5.91 Å². The fourth-order valence-corrected chi connectivity index (χ4v) is 3.64. The number of hydrogen-bond acceptors (Lipinski definition) is 4. The molecule has 2 aromatic heterocycles. The maximum atomic E-state index is 13.1. The van der Waals surface area contributed by atoms with E-state index >= 15 is 0 Å². The number of amides is 1. The zero-order valence-electron chi connectivity index (χ0n) is 16.8. The van der Waals surface area contributed by atoms with E-state index in [1.54, 1.807) is 6.20 Å². The second kappa shape index (κ2) is 8.41. The Morgan fingerprint density at radius 2 is 1.79 bits per heavy atom. The molecule has 0 saturated carbocycles. The molecule has 0 radical (unpaired) electrons. The molecule has 2 aromatic carbocycles. The van der Waals surface area contributed by atoms with Gasteiger partial charge in [0.1, 0.15) is 5.69 Å². The van der Waals surface area contributed by atoms with Crippen LogP contribution in [0.3, 0.4) is 0 Å². The first-order chi connectivity index (χ1) is 14.2. The molecule has 6 heteroatoms. The van der Waals surface area contributed by atoms with Gasteiger partial charge in [-0.1, -0.05) is 50.2 Å². The van der Waals surface area contributed by atoms with Crippen molar-refractivity contribution in [2.75, 3.05) is 25.0 Å². The van der Waals surface area contributed by atoms with Crippen molar-refractivity contribution < 1.29 is 4.79 Å². The molecule has 0 unspecified atom stereocenters. The highest BCUT2D eigenvalue weighted by Crippen LogP contribution is 2.22. The summed E-state index contributed by atoms with van der Waals surface area (Å²) in [6.07, 6.45) is 1.67. The van der Waals surface area contributed by atoms with Crippen molar-refractivity contribution in [1.82, 2.24) is 19.4 Å². The van der Waals surface area contributed by atoms with Gasteiger partial charge in [-0.15, -0.1) is 0 Å². The Kier molecular flexibility index (Phi) is 5.53. The summed E-state index contributed by atoms with van der Waals surface area (Å²) in [6, 6.07) is 17.6. The SMILES string of the molecule is CCN(CC)CCn1c(NC(=O)c2nccc3ccccc23)nc2ccccc21. The summed E-state index contributed by atoms with van der Waals surface area (Å²) in [4.78, 5) is 24.4. The summed E-state index contributed by atoms with van der Waals surface area (Å²) >= 11 is 0. The Balaban J connectivity index is 1.68. The lowest BCUT2D eigenvalue weighted by Gasteiger charge is -2.19. The van der Waals surface area contributed by atoms with Crippen LogP contribution in [0.2, 0.25) is 0 Å². The van der Waals surface area contributed by atoms with Gasteiger partial charge in [0.2, 0.25) is 5.95 Å². The van der Waals surface area contributed by atoms with Gasteiger partial charge in [-0.25, -0.2) is 4.98 Å². The van der Waals surface area contributed by atoms with E-state index in [1.165, 1.54) is 0 Å². The average molecular weight is 387 g/mol. The third-order valence-electron chi connectivity index (χ3n) is 5.30. The fourth-order valence-electron chi connectivity index (χ4n) is 3.64. The molecule has 0 aliphatic carbocycles. The predicted octanol–water partition coefficient (Wildman–Crippen LogP) is 4.18. The van der Waals surface area contributed by atoms with Crippen molar-refractivity contribution >= 4 is 33.7 Å². The average Bonchev–Trinajstić information content (AvgIpc) is 3.11. The first-order valence-corrected chi connectivity index (χ1v) is 10.0. The van der Waals surface area contributed by atoms with Crippen LogP contribution in [0.4, 0.5) is 5.95 Å². The molecule has 0 bridgehead atoms. The van der Waals surface area contributed by atoms with Crippen LogP contribution in [0.5, 0.6) is 0 Å². The summed E-state index contributed by atoms with van der Waals surface area (Å²) in [6.45, 7) is 7.94. The molecule has 1 N–H and O–H groups in total. The number of anilines is 1. The smallest absolute Gasteiger partial charge is 0.277 e. The van der Waals surface area contributed by atoms with Crippen molar-refractivity contribution in [2.24, 2.45) is 0 Å². The third kappa shape index (κ3) is 3.84. The van der Waals surface area contributed by atoms with Gasteiger partial charge in [0.05, 0.1) is 11.0 Å². The molecule has 29 heavy (non-hydrogen) atoms. The molecule has 6 nitrogen and oxygen atoms in total. The van der Waals surface area contributed by atoms with Crippen LogP contribution in [0.25, 0.3) is 21.8 Å². The number of benzene rings is 2. The molecule has 4 rings (SSSR count). The monoisotopic (exact) mass is 387 g/mol. The topological polar surface area (TPSA) is 63.0 Å². The highest BCUT2D eigenvalue weighted by atomic mass is 16.2. The van der Waals surface area contributed by atoms with Crippen LogP contribution in [0, 0.1) is 0 Å². The van der Waals surface area contributed by atoms with Crippen LogP contribution < -0.4 is 5.32 Å². The largest absolute Gasteiger partial charge is 0.309 e. The number of rotatable bonds is 7. The van der Waals surface area contributed by atoms with Crippen LogP contribution >= 0.6 is 0 Å². The minimum absolute atomic E-state index is 0.249. The number of likely N-dealkylation sites (N-methyl/N-ethyl adjacent to an activating group) is 1. The van der Waals surface area contributed by atoms with Gasteiger partial charge in [-0.3, -0.25) is 15.1 Å². The van der Waals surface area contributed by atoms with Gasteiger partial charge >= 0.3 is 0 Å². The summed E-state index contributed by atoms with van der Waals surface area (Å²) in [5.74, 6) is 0.305. The van der Waals surface area contributed by atoms with Gasteiger partial charge in [0, 0.05) is 24.7 Å². The first kappa shape index (κ1) is 19.1. The molecule has 0 aliphatic heterocycles. The number of aromatic nitrogens is 3. The molecule has 2 heterocycles. The second-order valence-electron chi connectivity index (χ2n) is 6.94. The first-order valence-electron chi connectivity index (χ1n) is 10.0. The van der Waals surface area contributed by atoms with Crippen LogP contribution in [0.15, 0.2) is 60.8 Å². The number of nitrogens with one attached hydrogen (secondary N) is 1. The molecular weight excluding hydrogens is 362 g/mol. The fraction of sp³-hybridized carbons (Fsp3) is 0.261. The van der Waals surface area contributed by atoms with Crippen molar-refractivity contribution in [2.45, 2.75) is 20.4 Å². The number of imidazole rings is 1. The number of carbonyl (C=O) groups excluding carboxylic acids is 1.